The van der Waals surface area contributed by atoms with Gasteiger partial charge in [0, 0.05) is 33.2 Å². The van der Waals surface area contributed by atoms with Crippen LogP contribution in [0.5, 0.6) is 11.5 Å². The highest BCUT2D eigenvalue weighted by molar-refractivity contribution is 7.91. The third kappa shape index (κ3) is 3.45. The van der Waals surface area contributed by atoms with E-state index < -0.39 is 9.84 Å². The molecule has 1 aliphatic rings. The summed E-state index contributed by atoms with van der Waals surface area (Å²) in [5.41, 5.74) is 1.09. The van der Waals surface area contributed by atoms with Gasteiger partial charge in [0.1, 0.15) is 4.90 Å². The van der Waals surface area contributed by atoms with Gasteiger partial charge in [-0.3, -0.25) is 4.79 Å². The van der Waals surface area contributed by atoms with Crippen LogP contribution in [0.3, 0.4) is 0 Å². The Kier molecular flexibility index (Phi) is 5.48. The van der Waals surface area contributed by atoms with Crippen molar-refractivity contribution in [1.29, 1.82) is 0 Å². The SMILES string of the molecule is COc1cccc([C@@H]2CC(=O)Nc3c(S(=O)(=O)c4ccc(Cl)cc4)csc32)c1OC. The van der Waals surface area contributed by atoms with E-state index in [0.717, 1.165) is 10.4 Å². The Balaban J connectivity index is 1.85. The molecule has 2 aromatic carbocycles. The summed E-state index contributed by atoms with van der Waals surface area (Å²) in [6.45, 7) is 0. The van der Waals surface area contributed by atoms with Crippen LogP contribution < -0.4 is 14.8 Å². The van der Waals surface area contributed by atoms with E-state index in [0.29, 0.717) is 22.2 Å². The molecule has 1 aromatic heterocycles. The zero-order valence-corrected chi connectivity index (χ0v) is 18.5. The molecule has 1 N–H and O–H groups in total. The first kappa shape index (κ1) is 20.7. The highest BCUT2D eigenvalue weighted by Crippen LogP contribution is 2.49. The minimum absolute atomic E-state index is 0.0738. The molecular weight excluding hydrogens is 446 g/mol. The molecule has 0 saturated heterocycles. The first-order valence-electron chi connectivity index (χ1n) is 8.99. The van der Waals surface area contributed by atoms with E-state index in [-0.39, 0.29) is 28.0 Å². The Morgan fingerprint density at radius 2 is 1.83 bits per heavy atom. The van der Waals surface area contributed by atoms with Crippen molar-refractivity contribution in [1.82, 2.24) is 0 Å². The molecule has 0 radical (unpaired) electrons. The lowest BCUT2D eigenvalue weighted by Crippen LogP contribution is -2.23. The number of amides is 1. The van der Waals surface area contributed by atoms with Gasteiger partial charge in [-0.1, -0.05) is 23.7 Å². The summed E-state index contributed by atoms with van der Waals surface area (Å²) in [6.07, 6.45) is 0.178. The van der Waals surface area contributed by atoms with Crippen LogP contribution in [0.25, 0.3) is 0 Å². The molecule has 1 aliphatic heterocycles. The third-order valence-corrected chi connectivity index (χ3v) is 8.27. The molecule has 0 aliphatic carbocycles. The molecule has 0 unspecified atom stereocenters. The number of fused-ring (bicyclic) bond motifs is 1. The maximum absolute atomic E-state index is 13.2. The van der Waals surface area contributed by atoms with Gasteiger partial charge in [0.25, 0.3) is 0 Å². The summed E-state index contributed by atoms with van der Waals surface area (Å²) in [6, 6.07) is 11.4. The Morgan fingerprint density at radius 3 is 2.50 bits per heavy atom. The van der Waals surface area contributed by atoms with Gasteiger partial charge in [-0.2, -0.15) is 0 Å². The van der Waals surface area contributed by atoms with Crippen LogP contribution in [0.15, 0.2) is 57.6 Å². The minimum atomic E-state index is -3.83. The highest BCUT2D eigenvalue weighted by atomic mass is 35.5. The molecule has 0 spiro atoms. The smallest absolute Gasteiger partial charge is 0.225 e. The number of hydrogen-bond acceptors (Lipinski definition) is 6. The number of para-hydroxylation sites is 1. The van der Waals surface area contributed by atoms with Gasteiger partial charge in [0.05, 0.1) is 24.8 Å². The summed E-state index contributed by atoms with van der Waals surface area (Å²) in [4.78, 5) is 13.5. The second-order valence-corrected chi connectivity index (χ2v) is 9.95. The molecule has 6 nitrogen and oxygen atoms in total. The average molecular weight is 464 g/mol. The summed E-state index contributed by atoms with van der Waals surface area (Å²) in [5.74, 6) is 0.468. The van der Waals surface area contributed by atoms with Crippen molar-refractivity contribution in [2.45, 2.75) is 22.1 Å². The normalized spacial score (nSPS) is 16.0. The largest absolute Gasteiger partial charge is 0.493 e. The summed E-state index contributed by atoms with van der Waals surface area (Å²) >= 11 is 7.19. The number of benzene rings is 2. The fraction of sp³-hybridized carbons (Fsp3) is 0.190. The molecule has 0 bridgehead atoms. The molecule has 9 heteroatoms. The number of sulfone groups is 1. The first-order chi connectivity index (χ1) is 14.4. The molecule has 4 rings (SSSR count). The number of anilines is 1. The number of halogens is 1. The monoisotopic (exact) mass is 463 g/mol. The molecule has 2 heterocycles. The molecule has 3 aromatic rings. The van der Waals surface area contributed by atoms with Crippen LogP contribution in [-0.2, 0) is 14.6 Å². The zero-order chi connectivity index (χ0) is 21.5. The molecule has 30 heavy (non-hydrogen) atoms. The minimum Gasteiger partial charge on any atom is -0.493 e. The maximum atomic E-state index is 13.2. The average Bonchev–Trinajstić information content (AvgIpc) is 3.17. The molecular formula is C21H18ClNO5S2. The van der Waals surface area contributed by atoms with Crippen LogP contribution in [0.2, 0.25) is 5.02 Å². The predicted octanol–water partition coefficient (Wildman–Crippen LogP) is 4.73. The Hall–Kier alpha value is -2.55. The number of carbonyl (C=O) groups excluding carboxylic acids is 1. The number of methoxy groups -OCH3 is 2. The first-order valence-corrected chi connectivity index (χ1v) is 11.7. The number of thiophene rings is 1. The van der Waals surface area contributed by atoms with Gasteiger partial charge in [-0.25, -0.2) is 8.42 Å². The third-order valence-electron chi connectivity index (χ3n) is 4.98. The van der Waals surface area contributed by atoms with Crippen molar-refractivity contribution in [2.75, 3.05) is 19.5 Å². The van der Waals surface area contributed by atoms with E-state index in [1.165, 1.54) is 42.7 Å². The topological polar surface area (TPSA) is 81.7 Å². The van der Waals surface area contributed by atoms with Gasteiger partial charge in [-0.05, 0) is 30.3 Å². The molecule has 0 saturated carbocycles. The van der Waals surface area contributed by atoms with Crippen LogP contribution in [-0.4, -0.2) is 28.5 Å². The van der Waals surface area contributed by atoms with Crippen LogP contribution in [0, 0.1) is 0 Å². The lowest BCUT2D eigenvalue weighted by molar-refractivity contribution is -0.116. The van der Waals surface area contributed by atoms with Crippen LogP contribution in [0.1, 0.15) is 22.8 Å². The number of ether oxygens (including phenoxy) is 2. The fourth-order valence-corrected chi connectivity index (χ4v) is 6.61. The predicted molar refractivity (Wildman–Crippen MR) is 116 cm³/mol. The summed E-state index contributed by atoms with van der Waals surface area (Å²) in [5, 5.41) is 4.77. The van der Waals surface area contributed by atoms with Crippen LogP contribution in [0.4, 0.5) is 5.69 Å². The highest BCUT2D eigenvalue weighted by Gasteiger charge is 2.36. The Bertz CT molecular complexity index is 1220. The lowest BCUT2D eigenvalue weighted by atomic mass is 9.89. The van der Waals surface area contributed by atoms with Crippen molar-refractivity contribution in [2.24, 2.45) is 0 Å². The zero-order valence-electron chi connectivity index (χ0n) is 16.1. The van der Waals surface area contributed by atoms with Crippen molar-refractivity contribution in [3.05, 3.63) is 63.3 Å². The van der Waals surface area contributed by atoms with E-state index >= 15 is 0 Å². The van der Waals surface area contributed by atoms with Crippen molar-refractivity contribution in [3.63, 3.8) is 0 Å². The molecule has 1 atom stereocenters. The molecule has 0 fully saturated rings. The maximum Gasteiger partial charge on any atom is 0.225 e. The summed E-state index contributed by atoms with van der Waals surface area (Å²) < 4.78 is 37.4. The van der Waals surface area contributed by atoms with Crippen molar-refractivity contribution >= 4 is 44.4 Å². The number of rotatable bonds is 5. The lowest BCUT2D eigenvalue weighted by Gasteiger charge is -2.25. The second kappa shape index (κ2) is 7.94. The number of nitrogens with one attached hydrogen (secondary N) is 1. The summed E-state index contributed by atoms with van der Waals surface area (Å²) in [7, 11) is -0.748. The van der Waals surface area contributed by atoms with E-state index in [9.17, 15) is 13.2 Å². The van der Waals surface area contributed by atoms with Gasteiger partial charge < -0.3 is 14.8 Å². The van der Waals surface area contributed by atoms with Crippen molar-refractivity contribution in [3.8, 4) is 11.5 Å². The molecule has 156 valence electrons. The van der Waals surface area contributed by atoms with E-state index in [4.69, 9.17) is 21.1 Å². The number of carbonyl (C=O) groups is 1. The van der Waals surface area contributed by atoms with E-state index in [2.05, 4.69) is 5.32 Å². The Morgan fingerprint density at radius 1 is 1.10 bits per heavy atom. The molecule has 1 amide bonds. The van der Waals surface area contributed by atoms with Crippen molar-refractivity contribution < 1.29 is 22.7 Å². The van der Waals surface area contributed by atoms with Gasteiger partial charge in [-0.15, -0.1) is 11.3 Å². The van der Waals surface area contributed by atoms with E-state index in [1.807, 2.05) is 12.1 Å². The van der Waals surface area contributed by atoms with Gasteiger partial charge in [0.15, 0.2) is 11.5 Å². The number of hydrogen-bond donors (Lipinski definition) is 1. The van der Waals surface area contributed by atoms with Gasteiger partial charge in [0.2, 0.25) is 15.7 Å². The van der Waals surface area contributed by atoms with E-state index in [1.54, 1.807) is 18.6 Å². The van der Waals surface area contributed by atoms with Crippen LogP contribution >= 0.6 is 22.9 Å². The standard InChI is InChI=1S/C21H18ClNO5S2/c1-27-16-5-3-4-14(20(16)28-2)15-10-18(24)23-19-17(11-29-21(15)19)30(25,26)13-8-6-12(22)7-9-13/h3-9,11,15H,10H2,1-2H3,(H,23,24)/t15-/m0/s1. The Labute approximate surface area is 183 Å². The second-order valence-electron chi connectivity index (χ2n) is 6.68. The van der Waals surface area contributed by atoms with Gasteiger partial charge >= 0.3 is 0 Å². The quantitative estimate of drug-likeness (QED) is 0.591. The fourth-order valence-electron chi connectivity index (χ4n) is 3.58.